The lowest BCUT2D eigenvalue weighted by Gasteiger charge is -2.41. The lowest BCUT2D eigenvalue weighted by Crippen LogP contribution is -2.55. The van der Waals surface area contributed by atoms with Crippen LogP contribution in [0.2, 0.25) is 0 Å². The zero-order chi connectivity index (χ0) is 10.8. The van der Waals surface area contributed by atoms with E-state index in [1.807, 2.05) is 25.7 Å². The largest absolute Gasteiger partial charge is 0.396 e. The van der Waals surface area contributed by atoms with Crippen molar-refractivity contribution in [2.24, 2.45) is 0 Å². The van der Waals surface area contributed by atoms with Crippen molar-refractivity contribution in [3.05, 3.63) is 0 Å². The highest BCUT2D eigenvalue weighted by molar-refractivity contribution is 5.82. The van der Waals surface area contributed by atoms with E-state index in [0.717, 1.165) is 0 Å². The number of hydrogen-bond donors (Lipinski definition) is 1. The summed E-state index contributed by atoms with van der Waals surface area (Å²) in [7, 11) is 0. The molecule has 1 fully saturated rings. The van der Waals surface area contributed by atoms with E-state index < -0.39 is 6.10 Å². The first-order chi connectivity index (χ1) is 6.46. The van der Waals surface area contributed by atoms with Gasteiger partial charge in [0.1, 0.15) is 6.10 Å². The molecule has 1 heterocycles. The summed E-state index contributed by atoms with van der Waals surface area (Å²) in [6.07, 6.45) is -0.0567. The lowest BCUT2D eigenvalue weighted by atomic mass is 10.0. The molecule has 0 saturated carbocycles. The van der Waals surface area contributed by atoms with Crippen molar-refractivity contribution in [1.82, 2.24) is 4.90 Å². The van der Waals surface area contributed by atoms with Gasteiger partial charge in [-0.15, -0.1) is 0 Å². The van der Waals surface area contributed by atoms with Crippen LogP contribution >= 0.6 is 0 Å². The summed E-state index contributed by atoms with van der Waals surface area (Å²) in [5.74, 6) is -0.00204. The van der Waals surface area contributed by atoms with Crippen molar-refractivity contribution in [2.75, 3.05) is 19.8 Å². The molecule has 0 aromatic heterocycles. The number of amides is 1. The maximum atomic E-state index is 11.9. The van der Waals surface area contributed by atoms with Crippen LogP contribution < -0.4 is 0 Å². The topological polar surface area (TPSA) is 49.8 Å². The van der Waals surface area contributed by atoms with Gasteiger partial charge in [-0.25, -0.2) is 0 Å². The molecule has 1 aliphatic rings. The van der Waals surface area contributed by atoms with Gasteiger partial charge in [0.05, 0.1) is 6.61 Å². The van der Waals surface area contributed by atoms with E-state index in [1.54, 1.807) is 0 Å². The monoisotopic (exact) mass is 201 g/mol. The quantitative estimate of drug-likeness (QED) is 0.703. The number of rotatable bonds is 2. The Balaban J connectivity index is 2.66. The van der Waals surface area contributed by atoms with Gasteiger partial charge in [0.25, 0.3) is 5.91 Å². The van der Waals surface area contributed by atoms with Gasteiger partial charge in [0.2, 0.25) is 0 Å². The van der Waals surface area contributed by atoms with E-state index in [4.69, 9.17) is 9.84 Å². The SMILES string of the molecule is CC(C)(C)N1CCOC(CCO)C1=O. The first kappa shape index (κ1) is 11.5. The summed E-state index contributed by atoms with van der Waals surface area (Å²) in [6.45, 7) is 7.22. The Bertz CT molecular complexity index is 208. The summed E-state index contributed by atoms with van der Waals surface area (Å²) in [5.41, 5.74) is -0.158. The van der Waals surface area contributed by atoms with Crippen LogP contribution in [-0.4, -0.2) is 47.3 Å². The van der Waals surface area contributed by atoms with Gasteiger partial charge < -0.3 is 14.7 Å². The number of hydrogen-bond acceptors (Lipinski definition) is 3. The number of carbonyl (C=O) groups excluding carboxylic acids is 1. The molecule has 1 amide bonds. The van der Waals surface area contributed by atoms with Gasteiger partial charge in [0.15, 0.2) is 0 Å². The fourth-order valence-corrected chi connectivity index (χ4v) is 1.63. The van der Waals surface area contributed by atoms with E-state index >= 15 is 0 Å². The van der Waals surface area contributed by atoms with Crippen LogP contribution in [0, 0.1) is 0 Å². The molecule has 0 aliphatic carbocycles. The van der Waals surface area contributed by atoms with E-state index in [0.29, 0.717) is 19.6 Å². The summed E-state index contributed by atoms with van der Waals surface area (Å²) in [5, 5.41) is 8.77. The molecule has 82 valence electrons. The van der Waals surface area contributed by atoms with Crippen molar-refractivity contribution in [1.29, 1.82) is 0 Å². The number of aliphatic hydroxyl groups excluding tert-OH is 1. The molecule has 0 spiro atoms. The second-order valence-corrected chi connectivity index (χ2v) is 4.53. The fourth-order valence-electron chi connectivity index (χ4n) is 1.63. The summed E-state index contributed by atoms with van der Waals surface area (Å²) in [4.78, 5) is 13.7. The summed E-state index contributed by atoms with van der Waals surface area (Å²) >= 11 is 0. The normalized spacial score (nSPS) is 24.1. The van der Waals surface area contributed by atoms with Crippen LogP contribution in [0.25, 0.3) is 0 Å². The second kappa shape index (κ2) is 4.28. The van der Waals surface area contributed by atoms with Crippen LogP contribution in [0.3, 0.4) is 0 Å². The highest BCUT2D eigenvalue weighted by atomic mass is 16.5. The van der Waals surface area contributed by atoms with E-state index in [1.165, 1.54) is 0 Å². The Kier molecular flexibility index (Phi) is 3.50. The second-order valence-electron chi connectivity index (χ2n) is 4.53. The van der Waals surface area contributed by atoms with Crippen LogP contribution in [0.15, 0.2) is 0 Å². The van der Waals surface area contributed by atoms with Gasteiger partial charge >= 0.3 is 0 Å². The van der Waals surface area contributed by atoms with Crippen LogP contribution in [0.5, 0.6) is 0 Å². The van der Waals surface area contributed by atoms with Gasteiger partial charge in [-0.1, -0.05) is 0 Å². The van der Waals surface area contributed by atoms with Crippen molar-refractivity contribution in [3.8, 4) is 0 Å². The molecule has 4 nitrogen and oxygen atoms in total. The standard InChI is InChI=1S/C10H19NO3/c1-10(2,3)11-5-7-14-8(4-6-12)9(11)13/h8,12H,4-7H2,1-3H3. The molecule has 0 aromatic carbocycles. The first-order valence-corrected chi connectivity index (χ1v) is 5.01. The minimum atomic E-state index is -0.451. The third-order valence-electron chi connectivity index (χ3n) is 2.38. The lowest BCUT2D eigenvalue weighted by molar-refractivity contribution is -0.160. The van der Waals surface area contributed by atoms with Gasteiger partial charge in [-0.2, -0.15) is 0 Å². The van der Waals surface area contributed by atoms with E-state index in [2.05, 4.69) is 0 Å². The smallest absolute Gasteiger partial charge is 0.252 e. The summed E-state index contributed by atoms with van der Waals surface area (Å²) in [6, 6.07) is 0. The Hall–Kier alpha value is -0.610. The molecule has 1 rings (SSSR count). The molecule has 0 bridgehead atoms. The Morgan fingerprint density at radius 1 is 1.57 bits per heavy atom. The van der Waals surface area contributed by atoms with E-state index in [9.17, 15) is 4.79 Å². The number of ether oxygens (including phenoxy) is 1. The number of aliphatic hydroxyl groups is 1. The van der Waals surface area contributed by atoms with Gasteiger partial charge in [0, 0.05) is 25.1 Å². The molecule has 1 saturated heterocycles. The third kappa shape index (κ3) is 2.45. The summed E-state index contributed by atoms with van der Waals surface area (Å²) < 4.78 is 5.30. The molecule has 1 unspecified atom stereocenters. The maximum Gasteiger partial charge on any atom is 0.252 e. The van der Waals surface area contributed by atoms with E-state index in [-0.39, 0.29) is 18.1 Å². The highest BCUT2D eigenvalue weighted by Crippen LogP contribution is 2.19. The van der Waals surface area contributed by atoms with Crippen LogP contribution in [0.4, 0.5) is 0 Å². The molecule has 1 N–H and O–H groups in total. The Morgan fingerprint density at radius 2 is 2.21 bits per heavy atom. The molecule has 14 heavy (non-hydrogen) atoms. The van der Waals surface area contributed by atoms with Crippen molar-refractivity contribution in [2.45, 2.75) is 38.8 Å². The van der Waals surface area contributed by atoms with Crippen LogP contribution in [-0.2, 0) is 9.53 Å². The third-order valence-corrected chi connectivity index (χ3v) is 2.38. The number of nitrogens with zero attached hydrogens (tertiary/aromatic N) is 1. The Morgan fingerprint density at radius 3 is 2.71 bits per heavy atom. The van der Waals surface area contributed by atoms with Gasteiger partial charge in [-0.3, -0.25) is 4.79 Å². The Labute approximate surface area is 84.8 Å². The molecular formula is C10H19NO3. The van der Waals surface area contributed by atoms with Crippen molar-refractivity contribution >= 4 is 5.91 Å². The van der Waals surface area contributed by atoms with Crippen molar-refractivity contribution < 1.29 is 14.6 Å². The zero-order valence-electron chi connectivity index (χ0n) is 9.12. The number of carbonyl (C=O) groups is 1. The molecule has 1 aliphatic heterocycles. The minimum absolute atomic E-state index is 0.00204. The average Bonchev–Trinajstić information content (AvgIpc) is 2.07. The fraction of sp³-hybridized carbons (Fsp3) is 0.900. The van der Waals surface area contributed by atoms with Crippen molar-refractivity contribution in [3.63, 3.8) is 0 Å². The predicted octanol–water partition coefficient (Wildman–Crippen LogP) is 0.395. The molecule has 0 aromatic rings. The maximum absolute atomic E-state index is 11.9. The average molecular weight is 201 g/mol. The molecule has 4 heteroatoms. The molecular weight excluding hydrogens is 182 g/mol. The van der Waals surface area contributed by atoms with Gasteiger partial charge in [-0.05, 0) is 20.8 Å². The number of morpholine rings is 1. The molecule has 1 atom stereocenters. The minimum Gasteiger partial charge on any atom is -0.396 e. The van der Waals surface area contributed by atoms with Crippen LogP contribution in [0.1, 0.15) is 27.2 Å². The molecule has 0 radical (unpaired) electrons. The predicted molar refractivity (Wildman–Crippen MR) is 52.9 cm³/mol. The highest BCUT2D eigenvalue weighted by Gasteiger charge is 2.35. The first-order valence-electron chi connectivity index (χ1n) is 5.01. The zero-order valence-corrected chi connectivity index (χ0v) is 9.12.